The van der Waals surface area contributed by atoms with Crippen LogP contribution in [0.2, 0.25) is 0 Å². The highest BCUT2D eigenvalue weighted by atomic mass is 32.2. The number of thiophene rings is 1. The van der Waals surface area contributed by atoms with Gasteiger partial charge < -0.3 is 15.8 Å². The van der Waals surface area contributed by atoms with Gasteiger partial charge in [-0.05, 0) is 47.4 Å². The molecule has 0 fully saturated rings. The SMILES string of the molecule is COc1ccc(NC(=O)CSc2nc(N)c3c4c(sc3n2)[C@H](c2ccccc2)S[C@H](c2ccccc2)C4)cc1. The zero-order valence-corrected chi connectivity index (χ0v) is 23.6. The molecule has 6 nitrogen and oxygen atoms in total. The number of hydrogen-bond donors (Lipinski definition) is 2. The third kappa shape index (κ3) is 5.48. The van der Waals surface area contributed by atoms with E-state index in [4.69, 9.17) is 15.5 Å². The molecule has 1 aliphatic rings. The monoisotopic (exact) mass is 570 g/mol. The number of nitrogens with zero attached hydrogens (tertiary/aromatic N) is 2. The van der Waals surface area contributed by atoms with Gasteiger partial charge in [-0.3, -0.25) is 4.79 Å². The number of benzene rings is 3. The van der Waals surface area contributed by atoms with Crippen molar-refractivity contribution in [1.82, 2.24) is 9.97 Å². The first-order chi connectivity index (χ1) is 19.1. The van der Waals surface area contributed by atoms with Crippen molar-refractivity contribution in [3.63, 3.8) is 0 Å². The topological polar surface area (TPSA) is 90.1 Å². The molecule has 196 valence electrons. The lowest BCUT2D eigenvalue weighted by atomic mass is 9.98. The van der Waals surface area contributed by atoms with Crippen LogP contribution in [0.1, 0.15) is 32.1 Å². The van der Waals surface area contributed by atoms with Crippen molar-refractivity contribution in [3.8, 4) is 5.75 Å². The summed E-state index contributed by atoms with van der Waals surface area (Å²) in [5.41, 5.74) is 11.1. The van der Waals surface area contributed by atoms with Crippen LogP contribution in [0.3, 0.4) is 0 Å². The maximum atomic E-state index is 12.6. The van der Waals surface area contributed by atoms with Crippen LogP contribution in [0.25, 0.3) is 10.2 Å². The lowest BCUT2D eigenvalue weighted by Gasteiger charge is -2.30. The fraction of sp³-hybridized carbons (Fsp3) is 0.167. The number of anilines is 2. The number of thioether (sulfide) groups is 2. The van der Waals surface area contributed by atoms with Crippen LogP contribution in [0, 0.1) is 0 Å². The van der Waals surface area contributed by atoms with E-state index in [1.165, 1.54) is 33.3 Å². The number of aromatic nitrogens is 2. The Morgan fingerprint density at radius 1 is 1.00 bits per heavy atom. The zero-order chi connectivity index (χ0) is 26.8. The van der Waals surface area contributed by atoms with Crippen molar-refractivity contribution >= 4 is 62.5 Å². The van der Waals surface area contributed by atoms with Gasteiger partial charge in [0.25, 0.3) is 0 Å². The molecule has 2 atom stereocenters. The van der Waals surface area contributed by atoms with Gasteiger partial charge in [-0.25, -0.2) is 9.97 Å². The van der Waals surface area contributed by atoms with E-state index in [2.05, 4.69) is 71.0 Å². The number of hydrogen-bond acceptors (Lipinski definition) is 8. The van der Waals surface area contributed by atoms with E-state index in [-0.39, 0.29) is 16.9 Å². The second-order valence-corrected chi connectivity index (χ2v) is 12.4. The summed E-state index contributed by atoms with van der Waals surface area (Å²) in [4.78, 5) is 24.2. The van der Waals surface area contributed by atoms with Crippen molar-refractivity contribution in [3.05, 3.63) is 106 Å². The fourth-order valence-electron chi connectivity index (χ4n) is 4.74. The number of carbonyl (C=O) groups is 1. The second kappa shape index (κ2) is 11.3. The summed E-state index contributed by atoms with van der Waals surface area (Å²) in [6.07, 6.45) is 0.873. The van der Waals surface area contributed by atoms with E-state index in [9.17, 15) is 4.79 Å². The summed E-state index contributed by atoms with van der Waals surface area (Å²) < 4.78 is 5.17. The fourth-order valence-corrected chi connectivity index (χ4v) is 8.47. The van der Waals surface area contributed by atoms with Crippen LogP contribution in [0.5, 0.6) is 5.75 Å². The third-order valence-corrected chi connectivity index (χ3v) is 10.3. The van der Waals surface area contributed by atoms with Crippen LogP contribution in [-0.2, 0) is 11.2 Å². The van der Waals surface area contributed by atoms with Gasteiger partial charge in [0.1, 0.15) is 16.4 Å². The van der Waals surface area contributed by atoms with E-state index < -0.39 is 0 Å². The van der Waals surface area contributed by atoms with E-state index in [0.717, 1.165) is 22.4 Å². The maximum absolute atomic E-state index is 12.6. The molecule has 0 spiro atoms. The third-order valence-electron chi connectivity index (χ3n) is 6.60. The lowest BCUT2D eigenvalue weighted by Crippen LogP contribution is -2.14. The Morgan fingerprint density at radius 2 is 1.69 bits per heavy atom. The van der Waals surface area contributed by atoms with Crippen LogP contribution >= 0.6 is 34.9 Å². The van der Waals surface area contributed by atoms with Gasteiger partial charge in [-0.2, -0.15) is 0 Å². The van der Waals surface area contributed by atoms with Crippen molar-refractivity contribution in [2.75, 3.05) is 23.9 Å². The first kappa shape index (κ1) is 25.7. The quantitative estimate of drug-likeness (QED) is 0.159. The molecule has 1 amide bonds. The summed E-state index contributed by atoms with van der Waals surface area (Å²) in [6.45, 7) is 0. The van der Waals surface area contributed by atoms with Crippen LogP contribution in [-0.4, -0.2) is 28.7 Å². The van der Waals surface area contributed by atoms with Crippen LogP contribution in [0.15, 0.2) is 90.1 Å². The predicted molar refractivity (Wildman–Crippen MR) is 163 cm³/mol. The maximum Gasteiger partial charge on any atom is 0.234 e. The Bertz CT molecular complexity index is 1610. The first-order valence-corrected chi connectivity index (χ1v) is 15.2. The highest BCUT2D eigenvalue weighted by Crippen LogP contribution is 2.55. The minimum atomic E-state index is -0.135. The molecule has 0 saturated carbocycles. The van der Waals surface area contributed by atoms with Crippen molar-refractivity contribution in [2.45, 2.75) is 22.1 Å². The molecule has 0 unspecified atom stereocenters. The lowest BCUT2D eigenvalue weighted by molar-refractivity contribution is -0.113. The number of nitrogens with two attached hydrogens (primary N) is 1. The number of nitrogen functional groups attached to an aromatic ring is 1. The first-order valence-electron chi connectivity index (χ1n) is 12.5. The van der Waals surface area contributed by atoms with E-state index in [1.807, 2.05) is 36.0 Å². The van der Waals surface area contributed by atoms with Gasteiger partial charge in [0.15, 0.2) is 5.16 Å². The molecule has 0 saturated heterocycles. The number of rotatable bonds is 7. The van der Waals surface area contributed by atoms with E-state index in [1.54, 1.807) is 18.4 Å². The van der Waals surface area contributed by atoms with Crippen molar-refractivity contribution in [1.29, 1.82) is 0 Å². The summed E-state index contributed by atoms with van der Waals surface area (Å²) >= 11 is 4.96. The molecule has 9 heteroatoms. The highest BCUT2D eigenvalue weighted by molar-refractivity contribution is 8.00. The molecule has 0 aliphatic carbocycles. The molecule has 0 radical (unpaired) electrons. The molecular formula is C30H26N4O2S3. The van der Waals surface area contributed by atoms with E-state index >= 15 is 0 Å². The minimum Gasteiger partial charge on any atom is -0.497 e. The Hall–Kier alpha value is -3.53. The normalized spacial score (nSPS) is 16.5. The van der Waals surface area contributed by atoms with Gasteiger partial charge in [0.2, 0.25) is 5.91 Å². The van der Waals surface area contributed by atoms with Crippen molar-refractivity contribution in [2.24, 2.45) is 0 Å². The summed E-state index contributed by atoms with van der Waals surface area (Å²) in [7, 11) is 1.61. The van der Waals surface area contributed by atoms with Gasteiger partial charge in [0.05, 0.1) is 23.5 Å². The van der Waals surface area contributed by atoms with Crippen LogP contribution < -0.4 is 15.8 Å². The minimum absolute atomic E-state index is 0.135. The van der Waals surface area contributed by atoms with Gasteiger partial charge in [0, 0.05) is 15.8 Å². The number of nitrogens with one attached hydrogen (secondary N) is 1. The highest BCUT2D eigenvalue weighted by Gasteiger charge is 2.34. The molecule has 3 N–H and O–H groups in total. The number of carbonyl (C=O) groups excluding carboxylic acids is 1. The molecule has 5 aromatic rings. The Labute approximate surface area is 239 Å². The van der Waals surface area contributed by atoms with Gasteiger partial charge in [-0.1, -0.05) is 72.4 Å². The van der Waals surface area contributed by atoms with Gasteiger partial charge in [-0.15, -0.1) is 23.1 Å². The molecule has 1 aliphatic heterocycles. The molecule has 3 heterocycles. The Kier molecular flexibility index (Phi) is 7.45. The average molecular weight is 571 g/mol. The van der Waals surface area contributed by atoms with E-state index in [0.29, 0.717) is 21.9 Å². The smallest absolute Gasteiger partial charge is 0.234 e. The largest absolute Gasteiger partial charge is 0.497 e. The molecule has 39 heavy (non-hydrogen) atoms. The molecule has 0 bridgehead atoms. The Morgan fingerprint density at radius 3 is 2.38 bits per heavy atom. The number of fused-ring (bicyclic) bond motifs is 3. The summed E-state index contributed by atoms with van der Waals surface area (Å²) in [6, 6.07) is 28.5. The predicted octanol–water partition coefficient (Wildman–Crippen LogP) is 7.13. The second-order valence-electron chi connectivity index (χ2n) is 9.11. The standard InChI is InChI=1S/C30H26N4O2S3/c1-36-21-14-12-20(13-15-21)32-24(35)17-37-30-33-28(31)25-22-16-23(18-8-4-2-5-9-18)38-26(19-10-6-3-7-11-19)27(22)39-29(25)34-30/h2-15,23,26H,16-17H2,1H3,(H,32,35)(H2,31,33,34)/t23-,26-/m0/s1. The average Bonchev–Trinajstić information content (AvgIpc) is 3.36. The molecular weight excluding hydrogens is 545 g/mol. The Balaban J connectivity index is 1.28. The summed E-state index contributed by atoms with van der Waals surface area (Å²) in [5, 5.41) is 4.84. The number of ether oxygens (including phenoxy) is 1. The number of amides is 1. The van der Waals surface area contributed by atoms with Gasteiger partial charge >= 0.3 is 0 Å². The summed E-state index contributed by atoms with van der Waals surface area (Å²) in [5.74, 6) is 1.26. The number of methoxy groups -OCH3 is 1. The van der Waals surface area contributed by atoms with Crippen molar-refractivity contribution < 1.29 is 9.53 Å². The zero-order valence-electron chi connectivity index (χ0n) is 21.2. The molecule has 2 aromatic heterocycles. The molecule has 3 aromatic carbocycles. The molecule has 6 rings (SSSR count). The van der Waals surface area contributed by atoms with Crippen LogP contribution in [0.4, 0.5) is 11.5 Å².